The highest BCUT2D eigenvalue weighted by Crippen LogP contribution is 2.18. The van der Waals surface area contributed by atoms with Gasteiger partial charge < -0.3 is 11.1 Å². The van der Waals surface area contributed by atoms with Crippen molar-refractivity contribution in [2.75, 3.05) is 0 Å². The molecule has 94 valence electrons. The molecule has 3 N–H and O–H groups in total. The van der Waals surface area contributed by atoms with Gasteiger partial charge in [0.25, 0.3) is 0 Å². The van der Waals surface area contributed by atoms with Gasteiger partial charge in [-0.1, -0.05) is 13.8 Å². The molecule has 16 heavy (non-hydrogen) atoms. The normalized spacial score (nSPS) is 28.1. The van der Waals surface area contributed by atoms with E-state index in [1.54, 1.807) is 6.92 Å². The Morgan fingerprint density at radius 3 is 2.31 bits per heavy atom. The summed E-state index contributed by atoms with van der Waals surface area (Å²) in [6.07, 6.45) is 5.35. The minimum atomic E-state index is 0.0410. The predicted molar refractivity (Wildman–Crippen MR) is 67.3 cm³/mol. The number of nitrogens with two attached hydrogens (primary N) is 1. The van der Waals surface area contributed by atoms with E-state index in [0.29, 0.717) is 18.0 Å². The highest BCUT2D eigenvalue weighted by atomic mass is 16.1. The number of hydrogen-bond donors (Lipinski definition) is 2. The lowest BCUT2D eigenvalue weighted by molar-refractivity contribution is -0.119. The van der Waals surface area contributed by atoms with Gasteiger partial charge in [-0.3, -0.25) is 4.79 Å². The molecule has 0 bridgehead atoms. The maximum Gasteiger partial charge on any atom is 0.146 e. The van der Waals surface area contributed by atoms with Crippen molar-refractivity contribution in [3.63, 3.8) is 0 Å². The van der Waals surface area contributed by atoms with Crippen LogP contribution in [0.15, 0.2) is 0 Å². The maximum atomic E-state index is 11.5. The summed E-state index contributed by atoms with van der Waals surface area (Å²) in [5.74, 6) is 0.829. The van der Waals surface area contributed by atoms with E-state index in [9.17, 15) is 4.79 Å². The Hall–Kier alpha value is -0.410. The van der Waals surface area contributed by atoms with E-state index in [0.717, 1.165) is 32.1 Å². The van der Waals surface area contributed by atoms with Crippen LogP contribution in [-0.4, -0.2) is 23.9 Å². The first kappa shape index (κ1) is 13.7. The van der Waals surface area contributed by atoms with Crippen LogP contribution in [0.5, 0.6) is 0 Å². The van der Waals surface area contributed by atoms with Crippen LogP contribution in [0.1, 0.15) is 52.9 Å². The monoisotopic (exact) mass is 226 g/mol. The molecule has 0 amide bonds. The number of Topliss-reactive ketones (excluding diaryl/α,β-unsaturated/α-hetero) is 1. The third kappa shape index (κ3) is 4.62. The summed E-state index contributed by atoms with van der Waals surface area (Å²) >= 11 is 0. The van der Waals surface area contributed by atoms with Crippen LogP contribution in [0, 0.1) is 5.92 Å². The van der Waals surface area contributed by atoms with E-state index in [1.165, 1.54) is 0 Å². The predicted octanol–water partition coefficient (Wildman–Crippen LogP) is 1.85. The molecule has 0 radical (unpaired) electrons. The molecule has 0 spiro atoms. The fourth-order valence-corrected chi connectivity index (χ4v) is 2.39. The summed E-state index contributed by atoms with van der Waals surface area (Å²) in [7, 11) is 0. The Labute approximate surface area is 99.2 Å². The summed E-state index contributed by atoms with van der Waals surface area (Å²) < 4.78 is 0. The molecular formula is C13H26N2O. The van der Waals surface area contributed by atoms with Gasteiger partial charge in [0.15, 0.2) is 0 Å². The van der Waals surface area contributed by atoms with Gasteiger partial charge in [-0.05, 0) is 44.9 Å². The van der Waals surface area contributed by atoms with Crippen molar-refractivity contribution in [3.05, 3.63) is 0 Å². The van der Waals surface area contributed by atoms with Crippen molar-refractivity contribution >= 4 is 5.78 Å². The zero-order chi connectivity index (χ0) is 12.1. The fourth-order valence-electron chi connectivity index (χ4n) is 2.39. The molecule has 3 nitrogen and oxygen atoms in total. The van der Waals surface area contributed by atoms with Crippen LogP contribution in [0.2, 0.25) is 0 Å². The van der Waals surface area contributed by atoms with Crippen molar-refractivity contribution in [1.29, 1.82) is 0 Å². The molecule has 1 aliphatic rings. The van der Waals surface area contributed by atoms with Crippen molar-refractivity contribution < 1.29 is 4.79 Å². The second kappa shape index (κ2) is 6.36. The van der Waals surface area contributed by atoms with E-state index in [2.05, 4.69) is 19.2 Å². The van der Waals surface area contributed by atoms with Gasteiger partial charge in [0.2, 0.25) is 0 Å². The van der Waals surface area contributed by atoms with Crippen molar-refractivity contribution in [3.8, 4) is 0 Å². The Morgan fingerprint density at radius 2 is 1.88 bits per heavy atom. The highest BCUT2D eigenvalue weighted by Gasteiger charge is 2.23. The molecule has 0 aromatic rings. The van der Waals surface area contributed by atoms with Gasteiger partial charge in [-0.15, -0.1) is 0 Å². The van der Waals surface area contributed by atoms with Crippen LogP contribution >= 0.6 is 0 Å². The molecule has 0 saturated heterocycles. The van der Waals surface area contributed by atoms with Crippen LogP contribution in [0.4, 0.5) is 0 Å². The number of nitrogens with one attached hydrogen (secondary N) is 1. The minimum Gasteiger partial charge on any atom is -0.328 e. The largest absolute Gasteiger partial charge is 0.328 e. The number of rotatable bonds is 5. The molecular weight excluding hydrogens is 200 g/mol. The number of ketones is 1. The summed E-state index contributed by atoms with van der Waals surface area (Å²) in [6.45, 7) is 6.01. The Bertz CT molecular complexity index is 220. The molecule has 0 aromatic carbocycles. The van der Waals surface area contributed by atoms with Gasteiger partial charge in [0.05, 0.1) is 6.04 Å². The van der Waals surface area contributed by atoms with Crippen molar-refractivity contribution in [2.24, 2.45) is 11.7 Å². The topological polar surface area (TPSA) is 55.1 Å². The van der Waals surface area contributed by atoms with Gasteiger partial charge >= 0.3 is 0 Å². The molecule has 3 heteroatoms. The lowest BCUT2D eigenvalue weighted by atomic mass is 9.90. The number of hydrogen-bond acceptors (Lipinski definition) is 3. The molecule has 1 rings (SSSR count). The highest BCUT2D eigenvalue weighted by molar-refractivity contribution is 5.81. The van der Waals surface area contributed by atoms with E-state index in [4.69, 9.17) is 5.73 Å². The third-order valence-electron chi connectivity index (χ3n) is 3.41. The lowest BCUT2D eigenvalue weighted by Gasteiger charge is -2.30. The van der Waals surface area contributed by atoms with E-state index >= 15 is 0 Å². The van der Waals surface area contributed by atoms with Gasteiger partial charge in [0, 0.05) is 12.1 Å². The minimum absolute atomic E-state index is 0.0410. The second-order valence-electron chi connectivity index (χ2n) is 5.57. The Balaban J connectivity index is 2.39. The Kier molecular flexibility index (Phi) is 5.42. The van der Waals surface area contributed by atoms with Crippen LogP contribution in [0.3, 0.4) is 0 Å². The molecule has 0 aromatic heterocycles. The van der Waals surface area contributed by atoms with E-state index in [-0.39, 0.29) is 11.8 Å². The van der Waals surface area contributed by atoms with Crippen LogP contribution in [-0.2, 0) is 4.79 Å². The summed E-state index contributed by atoms with van der Waals surface area (Å²) in [5.41, 5.74) is 5.87. The summed E-state index contributed by atoms with van der Waals surface area (Å²) in [5, 5.41) is 3.50. The first-order chi connectivity index (χ1) is 7.49. The SMILES string of the molecule is CC(=O)C(CC(C)C)NC1CCC(N)CC1. The summed E-state index contributed by atoms with van der Waals surface area (Å²) in [4.78, 5) is 11.5. The maximum absolute atomic E-state index is 11.5. The van der Waals surface area contributed by atoms with Crippen LogP contribution < -0.4 is 11.1 Å². The first-order valence-electron chi connectivity index (χ1n) is 6.51. The van der Waals surface area contributed by atoms with E-state index < -0.39 is 0 Å². The van der Waals surface area contributed by atoms with Crippen molar-refractivity contribution in [2.45, 2.75) is 71.0 Å². The molecule has 1 atom stereocenters. The van der Waals surface area contributed by atoms with E-state index in [1.807, 2.05) is 0 Å². The first-order valence-corrected chi connectivity index (χ1v) is 6.51. The summed E-state index contributed by atoms with van der Waals surface area (Å²) in [6, 6.07) is 0.908. The van der Waals surface area contributed by atoms with Crippen LogP contribution in [0.25, 0.3) is 0 Å². The van der Waals surface area contributed by atoms with Crippen molar-refractivity contribution in [1.82, 2.24) is 5.32 Å². The third-order valence-corrected chi connectivity index (χ3v) is 3.41. The number of carbonyl (C=O) groups is 1. The van der Waals surface area contributed by atoms with Gasteiger partial charge in [-0.2, -0.15) is 0 Å². The molecule has 1 unspecified atom stereocenters. The lowest BCUT2D eigenvalue weighted by Crippen LogP contribution is -2.46. The quantitative estimate of drug-likeness (QED) is 0.752. The Morgan fingerprint density at radius 1 is 1.31 bits per heavy atom. The fraction of sp³-hybridized carbons (Fsp3) is 0.923. The van der Waals surface area contributed by atoms with Gasteiger partial charge in [0.1, 0.15) is 5.78 Å². The zero-order valence-corrected chi connectivity index (χ0v) is 10.8. The van der Waals surface area contributed by atoms with Gasteiger partial charge in [-0.25, -0.2) is 0 Å². The molecule has 0 heterocycles. The average molecular weight is 226 g/mol. The smallest absolute Gasteiger partial charge is 0.146 e. The second-order valence-corrected chi connectivity index (χ2v) is 5.57. The molecule has 1 aliphatic carbocycles. The standard InChI is InChI=1S/C13H26N2O/c1-9(2)8-13(10(3)16)15-12-6-4-11(14)5-7-12/h9,11-13,15H,4-8,14H2,1-3H3. The number of carbonyl (C=O) groups excluding carboxylic acids is 1. The molecule has 1 saturated carbocycles. The molecule has 1 fully saturated rings. The zero-order valence-electron chi connectivity index (χ0n) is 10.8. The molecule has 0 aliphatic heterocycles. The average Bonchev–Trinajstić information content (AvgIpc) is 2.19.